The third-order valence-electron chi connectivity index (χ3n) is 13.1. The number of benzene rings is 2. The molecule has 3 amide bonds. The molecule has 4 aromatic rings. The maximum Gasteiger partial charge on any atom is 0.245 e. The number of carbonyl (C=O) groups is 4. The monoisotopic (exact) mass is 803 g/mol. The highest BCUT2D eigenvalue weighted by Gasteiger charge is 2.55. The lowest BCUT2D eigenvalue weighted by Gasteiger charge is -2.32. The van der Waals surface area contributed by atoms with E-state index in [1.807, 2.05) is 37.2 Å². The van der Waals surface area contributed by atoms with E-state index in [0.29, 0.717) is 77.3 Å². The number of ketones is 1. The number of likely N-dealkylation sites (tertiary alicyclic amines) is 2. The van der Waals surface area contributed by atoms with E-state index in [2.05, 4.69) is 15.6 Å². The fraction of sp³-hybridized carbons (Fsp3) is 0.568. The summed E-state index contributed by atoms with van der Waals surface area (Å²) in [5, 5.41) is 6.60. The Kier molecular flexibility index (Phi) is 12.1. The van der Waals surface area contributed by atoms with E-state index in [9.17, 15) is 28.0 Å². The minimum absolute atomic E-state index is 0.0431. The van der Waals surface area contributed by atoms with Crippen LogP contribution in [0.15, 0.2) is 36.4 Å². The van der Waals surface area contributed by atoms with Gasteiger partial charge in [-0.3, -0.25) is 19.2 Å². The molecule has 2 saturated heterocycles. The Morgan fingerprint density at radius 2 is 1.67 bits per heavy atom. The van der Waals surface area contributed by atoms with Gasteiger partial charge in [-0.1, -0.05) is 27.7 Å². The molecule has 9 atom stereocenters. The lowest BCUT2D eigenvalue weighted by Crippen LogP contribution is -2.52. The number of Topliss-reactive ketones (excluding diaryl/α,β-unsaturated/α-hetero) is 1. The molecule has 0 spiro atoms. The van der Waals surface area contributed by atoms with Gasteiger partial charge in [0.05, 0.1) is 35.4 Å². The van der Waals surface area contributed by atoms with Crippen molar-refractivity contribution in [2.45, 2.75) is 116 Å². The molecule has 3 aliphatic rings. The van der Waals surface area contributed by atoms with Crippen LogP contribution >= 0.6 is 0 Å². The number of nitrogens with one attached hydrogen (secondary N) is 3. The number of imidazole rings is 1. The third-order valence-corrected chi connectivity index (χ3v) is 13.1. The number of hydrogen-bond donors (Lipinski definition) is 3. The van der Waals surface area contributed by atoms with Crippen LogP contribution in [-0.2, 0) is 32.1 Å². The van der Waals surface area contributed by atoms with Crippen LogP contribution in [0.25, 0.3) is 33.5 Å². The maximum atomic E-state index is 15.4. The number of alkyl halides is 1. The van der Waals surface area contributed by atoms with Crippen molar-refractivity contribution in [1.82, 2.24) is 35.0 Å². The SMILES string of the molecule is CCC(C)C(=O)NC(CC)C(=O)N1CC2CC2C1Cn1c(-c2[nH]c3cc(F)ccc3c2CC2CC(F)CN2C(=O)C(CC)CC(=O)C(C)NC)nc2cc(F)ccc21. The molecule has 3 N–H and O–H groups in total. The number of nitrogens with zero attached hydrogens (tertiary/aromatic N) is 4. The van der Waals surface area contributed by atoms with Crippen LogP contribution in [0, 0.1) is 35.3 Å². The van der Waals surface area contributed by atoms with Crippen LogP contribution in [-0.4, -0.2) is 98.3 Å². The average molecular weight is 804 g/mol. The number of fused-ring (bicyclic) bond motifs is 3. The molecule has 58 heavy (non-hydrogen) atoms. The van der Waals surface area contributed by atoms with Crippen LogP contribution in [0.1, 0.15) is 78.7 Å². The summed E-state index contributed by atoms with van der Waals surface area (Å²) in [5.74, 6) is -1.37. The van der Waals surface area contributed by atoms with Gasteiger partial charge in [0.2, 0.25) is 17.7 Å². The molecular weight excluding hydrogens is 748 g/mol. The van der Waals surface area contributed by atoms with Crippen LogP contribution < -0.4 is 10.6 Å². The first-order valence-electron chi connectivity index (χ1n) is 21.0. The molecule has 7 rings (SSSR count). The highest BCUT2D eigenvalue weighted by Crippen LogP contribution is 2.51. The van der Waals surface area contributed by atoms with Gasteiger partial charge < -0.3 is 30.0 Å². The van der Waals surface area contributed by atoms with Crippen LogP contribution in [0.5, 0.6) is 0 Å². The number of aromatic nitrogens is 3. The lowest BCUT2D eigenvalue weighted by molar-refractivity contribution is -0.139. The summed E-state index contributed by atoms with van der Waals surface area (Å²) in [6.45, 7) is 10.1. The minimum atomic E-state index is -1.27. The first kappa shape index (κ1) is 41.4. The van der Waals surface area contributed by atoms with E-state index in [0.717, 1.165) is 6.42 Å². The van der Waals surface area contributed by atoms with Crippen LogP contribution in [0.4, 0.5) is 13.2 Å². The van der Waals surface area contributed by atoms with Crippen molar-refractivity contribution in [2.75, 3.05) is 20.1 Å². The Labute approximate surface area is 337 Å². The summed E-state index contributed by atoms with van der Waals surface area (Å²) in [4.78, 5) is 65.9. The summed E-state index contributed by atoms with van der Waals surface area (Å²) in [6.07, 6.45) is 1.57. The van der Waals surface area contributed by atoms with E-state index in [1.54, 1.807) is 31.0 Å². The highest BCUT2D eigenvalue weighted by atomic mass is 19.1. The number of piperidine rings is 1. The quantitative estimate of drug-likeness (QED) is 0.122. The van der Waals surface area contributed by atoms with Crippen molar-refractivity contribution in [3.8, 4) is 11.5 Å². The summed E-state index contributed by atoms with van der Waals surface area (Å²) in [5.41, 5.74) is 2.78. The molecule has 1 aliphatic carbocycles. The molecule has 3 fully saturated rings. The molecule has 9 unspecified atom stereocenters. The fourth-order valence-electron chi connectivity index (χ4n) is 9.17. The second-order valence-electron chi connectivity index (χ2n) is 16.8. The largest absolute Gasteiger partial charge is 0.352 e. The number of rotatable bonds is 16. The first-order valence-corrected chi connectivity index (χ1v) is 21.0. The highest BCUT2D eigenvalue weighted by molar-refractivity contribution is 5.93. The summed E-state index contributed by atoms with van der Waals surface area (Å²) in [7, 11) is 1.69. The van der Waals surface area contributed by atoms with Gasteiger partial charge >= 0.3 is 0 Å². The molecule has 0 bridgehead atoms. The van der Waals surface area contributed by atoms with Crippen molar-refractivity contribution in [1.29, 1.82) is 0 Å². The number of hydrogen-bond acceptors (Lipinski definition) is 6. The normalized spacial score (nSPS) is 23.6. The van der Waals surface area contributed by atoms with Gasteiger partial charge in [-0.2, -0.15) is 0 Å². The van der Waals surface area contributed by atoms with E-state index in [-0.39, 0.29) is 67.2 Å². The Balaban J connectivity index is 1.26. The van der Waals surface area contributed by atoms with Gasteiger partial charge in [0, 0.05) is 60.8 Å². The Morgan fingerprint density at radius 1 is 0.931 bits per heavy atom. The smallest absolute Gasteiger partial charge is 0.245 e. The zero-order valence-corrected chi connectivity index (χ0v) is 34.3. The summed E-state index contributed by atoms with van der Waals surface area (Å²) >= 11 is 0. The second kappa shape index (κ2) is 16.9. The summed E-state index contributed by atoms with van der Waals surface area (Å²) in [6, 6.07) is 6.94. The molecule has 14 heteroatoms. The molecule has 4 heterocycles. The van der Waals surface area contributed by atoms with Crippen LogP contribution in [0.3, 0.4) is 0 Å². The third kappa shape index (κ3) is 8.00. The Morgan fingerprint density at radius 3 is 2.38 bits per heavy atom. The van der Waals surface area contributed by atoms with Crippen molar-refractivity contribution in [2.24, 2.45) is 23.7 Å². The van der Waals surface area contributed by atoms with Crippen LogP contribution in [0.2, 0.25) is 0 Å². The standard InChI is InChI=1S/C44H56F3N7O4/c1-7-23(4)42(56)51-34(9-3)44(58)54-20-26-14-32(26)38(54)22-53-37-13-11-28(46)18-36(37)50-41(53)40-33(31-12-10-27(45)17-35(31)49-40)19-30-16-29(47)21-52(30)43(57)25(8-2)15-39(55)24(5)48-6/h10-13,17-18,23-26,29-30,32,34,38,48-49H,7-9,14-16,19-22H2,1-6H3,(H,51,56). The number of halogens is 3. The van der Waals surface area contributed by atoms with Crippen molar-refractivity contribution in [3.05, 3.63) is 53.6 Å². The maximum absolute atomic E-state index is 15.4. The summed E-state index contributed by atoms with van der Waals surface area (Å²) < 4.78 is 47.0. The lowest BCUT2D eigenvalue weighted by atomic mass is 9.94. The van der Waals surface area contributed by atoms with E-state index in [1.165, 1.54) is 24.3 Å². The molecule has 2 aliphatic heterocycles. The van der Waals surface area contributed by atoms with Gasteiger partial charge in [-0.05, 0) is 93.8 Å². The van der Waals surface area contributed by atoms with Gasteiger partial charge in [-0.15, -0.1) is 0 Å². The molecule has 0 radical (unpaired) electrons. The minimum Gasteiger partial charge on any atom is -0.352 e. The van der Waals surface area contributed by atoms with Crippen molar-refractivity contribution < 1.29 is 32.3 Å². The molecule has 1 saturated carbocycles. The van der Waals surface area contributed by atoms with E-state index >= 15 is 4.39 Å². The predicted molar refractivity (Wildman–Crippen MR) is 216 cm³/mol. The Bertz CT molecular complexity index is 2200. The Hall–Kier alpha value is -4.72. The molecule has 2 aromatic carbocycles. The van der Waals surface area contributed by atoms with E-state index < -0.39 is 41.8 Å². The van der Waals surface area contributed by atoms with Gasteiger partial charge in [0.1, 0.15) is 29.6 Å². The predicted octanol–water partition coefficient (Wildman–Crippen LogP) is 6.33. The zero-order valence-electron chi connectivity index (χ0n) is 34.3. The molecule has 2 aromatic heterocycles. The van der Waals surface area contributed by atoms with Crippen molar-refractivity contribution in [3.63, 3.8) is 0 Å². The zero-order chi connectivity index (χ0) is 41.6. The number of likely N-dealkylation sites (N-methyl/N-ethyl adjacent to an activating group) is 1. The number of H-pyrrole nitrogens is 1. The second-order valence-corrected chi connectivity index (χ2v) is 16.8. The number of carbonyl (C=O) groups excluding carboxylic acids is 4. The number of aromatic amines is 1. The van der Waals surface area contributed by atoms with Crippen molar-refractivity contribution >= 4 is 45.4 Å². The number of amides is 3. The molecule has 11 nitrogen and oxygen atoms in total. The fourth-order valence-corrected chi connectivity index (χ4v) is 9.17. The van der Waals surface area contributed by atoms with Gasteiger partial charge in [0.25, 0.3) is 0 Å². The average Bonchev–Trinajstić information content (AvgIpc) is 3.43. The molecule has 312 valence electrons. The van der Waals surface area contributed by atoms with Gasteiger partial charge in [0.15, 0.2) is 5.82 Å². The van der Waals surface area contributed by atoms with E-state index in [4.69, 9.17) is 4.98 Å². The topological polar surface area (TPSA) is 132 Å². The first-order chi connectivity index (χ1) is 27.8. The van der Waals surface area contributed by atoms with Gasteiger partial charge in [-0.25, -0.2) is 18.2 Å². The molecular formula is C44H56F3N7O4.